The van der Waals surface area contributed by atoms with Crippen LogP contribution in [0.5, 0.6) is 0 Å². The summed E-state index contributed by atoms with van der Waals surface area (Å²) in [7, 11) is 0. The maximum absolute atomic E-state index is 13.2. The number of nitrogens with one attached hydrogen (secondary N) is 1. The lowest BCUT2D eigenvalue weighted by Gasteiger charge is -2.12. The van der Waals surface area contributed by atoms with Crippen LogP contribution in [0.4, 0.5) is 0 Å². The Bertz CT molecular complexity index is 1260. The topological polar surface area (TPSA) is 81.4 Å². The van der Waals surface area contributed by atoms with Crippen molar-refractivity contribution in [2.24, 2.45) is 5.92 Å². The predicted octanol–water partition coefficient (Wildman–Crippen LogP) is 5.08. The first-order chi connectivity index (χ1) is 16.7. The first-order valence-corrected chi connectivity index (χ1v) is 12.4. The fourth-order valence-corrected chi connectivity index (χ4v) is 5.10. The predicted molar refractivity (Wildman–Crippen MR) is 133 cm³/mol. The van der Waals surface area contributed by atoms with Crippen LogP contribution in [0.25, 0.3) is 22.5 Å². The van der Waals surface area contributed by atoms with E-state index in [1.54, 1.807) is 0 Å². The molecule has 4 aromatic rings. The summed E-state index contributed by atoms with van der Waals surface area (Å²) in [6.07, 6.45) is 10.4. The third-order valence-electron chi connectivity index (χ3n) is 6.99. The minimum Gasteiger partial charge on any atom is -0.299 e. The standard InChI is InChI=1S/C27H32N6O/c1-2-3-16-32-19-23(17-20-8-4-5-9-20)33(27(32)34)18-21-12-14-22(15-13-21)24-10-6-7-11-25(24)26-28-30-31-29-26/h6-7,10-15,19-20H,2-5,8-9,16-18H2,1H3,(H,28,29,30,31). The van der Waals surface area contributed by atoms with Gasteiger partial charge < -0.3 is 0 Å². The van der Waals surface area contributed by atoms with Gasteiger partial charge in [0, 0.05) is 24.0 Å². The molecule has 2 heterocycles. The lowest BCUT2D eigenvalue weighted by molar-refractivity contribution is 0.522. The van der Waals surface area contributed by atoms with Crippen LogP contribution in [-0.2, 0) is 19.5 Å². The fourth-order valence-electron chi connectivity index (χ4n) is 5.10. The summed E-state index contributed by atoms with van der Waals surface area (Å²) in [5, 5.41) is 14.4. The third kappa shape index (κ3) is 4.74. The molecule has 0 radical (unpaired) electrons. The number of benzene rings is 2. The summed E-state index contributed by atoms with van der Waals surface area (Å²) in [5.74, 6) is 1.35. The number of aromatic nitrogens is 6. The second kappa shape index (κ2) is 10.2. The van der Waals surface area contributed by atoms with Crippen molar-refractivity contribution >= 4 is 0 Å². The molecular weight excluding hydrogens is 424 g/mol. The first kappa shape index (κ1) is 22.3. The van der Waals surface area contributed by atoms with Gasteiger partial charge in [0.05, 0.1) is 6.54 Å². The van der Waals surface area contributed by atoms with E-state index in [1.807, 2.05) is 27.3 Å². The van der Waals surface area contributed by atoms with E-state index < -0.39 is 0 Å². The highest BCUT2D eigenvalue weighted by Gasteiger charge is 2.20. The van der Waals surface area contributed by atoms with E-state index in [9.17, 15) is 4.79 Å². The molecule has 0 unspecified atom stereocenters. The largest absolute Gasteiger partial charge is 0.328 e. The molecule has 7 nitrogen and oxygen atoms in total. The van der Waals surface area contributed by atoms with Crippen molar-refractivity contribution in [1.82, 2.24) is 29.8 Å². The van der Waals surface area contributed by atoms with Crippen LogP contribution in [0.3, 0.4) is 0 Å². The Hall–Kier alpha value is -3.48. The minimum absolute atomic E-state index is 0.119. The molecule has 0 aliphatic heterocycles. The number of unbranched alkanes of at least 4 members (excludes halogenated alkanes) is 1. The lowest BCUT2D eigenvalue weighted by atomic mass is 9.98. The molecule has 7 heteroatoms. The number of hydrogen-bond acceptors (Lipinski definition) is 4. The van der Waals surface area contributed by atoms with Gasteiger partial charge in [-0.2, -0.15) is 0 Å². The van der Waals surface area contributed by atoms with Gasteiger partial charge in [-0.25, -0.2) is 9.89 Å². The maximum Gasteiger partial charge on any atom is 0.328 e. The number of imidazole rings is 1. The Morgan fingerprint density at radius 3 is 2.50 bits per heavy atom. The molecule has 1 N–H and O–H groups in total. The summed E-state index contributed by atoms with van der Waals surface area (Å²) in [5.41, 5.74) is 5.55. The second-order valence-electron chi connectivity index (χ2n) is 9.38. The van der Waals surface area contributed by atoms with Crippen molar-refractivity contribution in [2.45, 2.75) is 65.0 Å². The average Bonchev–Trinajstić information content (AvgIpc) is 3.63. The number of H-pyrrole nitrogens is 1. The van der Waals surface area contributed by atoms with E-state index in [0.717, 1.165) is 48.1 Å². The fraction of sp³-hybridized carbons (Fsp3) is 0.407. The van der Waals surface area contributed by atoms with Gasteiger partial charge in [-0.1, -0.05) is 87.6 Å². The van der Waals surface area contributed by atoms with Gasteiger partial charge in [0.1, 0.15) is 0 Å². The summed E-state index contributed by atoms with van der Waals surface area (Å²) < 4.78 is 3.92. The lowest BCUT2D eigenvalue weighted by Crippen LogP contribution is -2.26. The number of hydrogen-bond donors (Lipinski definition) is 1. The van der Waals surface area contributed by atoms with E-state index in [2.05, 4.69) is 64.1 Å². The molecule has 0 bridgehead atoms. The molecule has 0 atom stereocenters. The number of tetrazole rings is 1. The van der Waals surface area contributed by atoms with Crippen molar-refractivity contribution in [2.75, 3.05) is 0 Å². The van der Waals surface area contributed by atoms with E-state index in [0.29, 0.717) is 18.3 Å². The van der Waals surface area contributed by atoms with E-state index in [4.69, 9.17) is 0 Å². The molecule has 34 heavy (non-hydrogen) atoms. The quantitative estimate of drug-likeness (QED) is 0.381. The molecule has 176 valence electrons. The van der Waals surface area contributed by atoms with Crippen LogP contribution in [0.2, 0.25) is 0 Å². The van der Waals surface area contributed by atoms with Crippen molar-refractivity contribution in [1.29, 1.82) is 0 Å². The smallest absolute Gasteiger partial charge is 0.299 e. The summed E-state index contributed by atoms with van der Waals surface area (Å²) in [4.78, 5) is 13.2. The molecular formula is C27H32N6O. The molecule has 1 aliphatic carbocycles. The zero-order valence-corrected chi connectivity index (χ0v) is 19.8. The Morgan fingerprint density at radius 1 is 1.03 bits per heavy atom. The minimum atomic E-state index is 0.119. The zero-order valence-electron chi connectivity index (χ0n) is 19.8. The molecule has 5 rings (SSSR count). The zero-order chi connectivity index (χ0) is 23.3. The van der Waals surface area contributed by atoms with Crippen LogP contribution in [0.1, 0.15) is 56.7 Å². The number of aromatic amines is 1. The highest BCUT2D eigenvalue weighted by molar-refractivity contribution is 5.80. The Morgan fingerprint density at radius 2 is 1.79 bits per heavy atom. The van der Waals surface area contributed by atoms with Gasteiger partial charge in [-0.15, -0.1) is 5.10 Å². The van der Waals surface area contributed by atoms with Crippen LogP contribution >= 0.6 is 0 Å². The Kier molecular flexibility index (Phi) is 6.70. The summed E-state index contributed by atoms with van der Waals surface area (Å²) in [6.45, 7) is 3.57. The van der Waals surface area contributed by atoms with Gasteiger partial charge in [0.25, 0.3) is 0 Å². The van der Waals surface area contributed by atoms with Gasteiger partial charge in [0.15, 0.2) is 5.82 Å². The second-order valence-corrected chi connectivity index (χ2v) is 9.38. The molecule has 1 fully saturated rings. The average molecular weight is 457 g/mol. The van der Waals surface area contributed by atoms with Crippen molar-refractivity contribution in [3.05, 3.63) is 76.5 Å². The highest BCUT2D eigenvalue weighted by Crippen LogP contribution is 2.30. The first-order valence-electron chi connectivity index (χ1n) is 12.4. The number of nitrogens with zero attached hydrogens (tertiary/aromatic N) is 5. The highest BCUT2D eigenvalue weighted by atomic mass is 16.1. The monoisotopic (exact) mass is 456 g/mol. The number of aryl methyl sites for hydroxylation is 1. The normalized spacial score (nSPS) is 14.1. The molecule has 0 spiro atoms. The van der Waals surface area contributed by atoms with E-state index >= 15 is 0 Å². The van der Waals surface area contributed by atoms with Gasteiger partial charge in [0.2, 0.25) is 0 Å². The molecule has 1 saturated carbocycles. The van der Waals surface area contributed by atoms with Crippen LogP contribution in [0, 0.1) is 5.92 Å². The summed E-state index contributed by atoms with van der Waals surface area (Å²) in [6, 6.07) is 16.6. The van der Waals surface area contributed by atoms with E-state index in [1.165, 1.54) is 31.4 Å². The van der Waals surface area contributed by atoms with Crippen molar-refractivity contribution in [3.63, 3.8) is 0 Å². The van der Waals surface area contributed by atoms with Gasteiger partial charge in [-0.3, -0.25) is 9.13 Å². The maximum atomic E-state index is 13.2. The third-order valence-corrected chi connectivity index (χ3v) is 6.99. The Balaban J connectivity index is 1.41. The van der Waals surface area contributed by atoms with Crippen LogP contribution in [-0.4, -0.2) is 29.8 Å². The van der Waals surface area contributed by atoms with E-state index in [-0.39, 0.29) is 5.69 Å². The van der Waals surface area contributed by atoms with Gasteiger partial charge in [-0.05, 0) is 45.9 Å². The molecule has 2 aromatic carbocycles. The number of rotatable bonds is 9. The SMILES string of the molecule is CCCCn1cc(CC2CCCC2)n(Cc2ccc(-c3ccccc3-c3nnn[nH]3)cc2)c1=O. The molecule has 0 amide bonds. The summed E-state index contributed by atoms with van der Waals surface area (Å²) >= 11 is 0. The van der Waals surface area contributed by atoms with Crippen molar-refractivity contribution in [3.8, 4) is 22.5 Å². The molecule has 2 aromatic heterocycles. The van der Waals surface area contributed by atoms with Crippen LogP contribution < -0.4 is 5.69 Å². The Labute approximate surface area is 199 Å². The van der Waals surface area contributed by atoms with Crippen LogP contribution in [0.15, 0.2) is 59.5 Å². The van der Waals surface area contributed by atoms with Crippen molar-refractivity contribution < 1.29 is 0 Å². The molecule has 1 aliphatic rings. The van der Waals surface area contributed by atoms with Gasteiger partial charge >= 0.3 is 5.69 Å². The molecule has 0 saturated heterocycles.